The smallest absolute Gasteiger partial charge is 1.00 e. The second kappa shape index (κ2) is 7.41. The first kappa shape index (κ1) is 22.2. The molecule has 0 fully saturated rings. The molecular weight excluding hydrogens is 392 g/mol. The fourth-order valence-electron chi connectivity index (χ4n) is 3.26. The van der Waals surface area contributed by atoms with Crippen LogP contribution >= 0.6 is 0 Å². The minimum Gasteiger partial charge on any atom is -1.00 e. The Hall–Kier alpha value is 0.223. The van der Waals surface area contributed by atoms with Gasteiger partial charge in [-0.2, -0.15) is 0 Å². The molecule has 2 rings (SSSR count). The number of hydrogen-bond acceptors (Lipinski definition) is 0. The molecule has 1 aliphatic carbocycles. The predicted octanol–water partition coefficient (Wildman–Crippen LogP) is -1.68. The van der Waals surface area contributed by atoms with Crippen molar-refractivity contribution in [3.05, 3.63) is 36.8 Å². The fourth-order valence-corrected chi connectivity index (χ4v) is 7.74. The summed E-state index contributed by atoms with van der Waals surface area (Å²) in [5.74, 6) is 0. The van der Waals surface area contributed by atoms with E-state index < -0.39 is 23.2 Å². The molecule has 4 heteroatoms. The van der Waals surface area contributed by atoms with E-state index in [0.29, 0.717) is 0 Å². The SMILES string of the molecule is CC1=C(C)C(C)(C)[C]([Zr+2][c]2c(C)c(C)c(C)n2C)=C1C.[Cl-].[Cl-]. The van der Waals surface area contributed by atoms with Crippen molar-refractivity contribution in [1.29, 1.82) is 0 Å². The van der Waals surface area contributed by atoms with Gasteiger partial charge >= 0.3 is 136 Å². The predicted molar refractivity (Wildman–Crippen MR) is 84.1 cm³/mol. The minimum absolute atomic E-state index is 0. The maximum absolute atomic E-state index is 2.45. The third kappa shape index (κ3) is 3.21. The number of aromatic nitrogens is 1. The summed E-state index contributed by atoms with van der Waals surface area (Å²) in [5, 5.41) is 0. The molecule has 0 radical (unpaired) electrons. The second-order valence-corrected chi connectivity index (χ2v) is 9.75. The summed E-state index contributed by atoms with van der Waals surface area (Å²) in [4.78, 5) is 0. The summed E-state index contributed by atoms with van der Waals surface area (Å²) in [6.45, 7) is 18.6. The van der Waals surface area contributed by atoms with Crippen LogP contribution in [0.25, 0.3) is 0 Å². The van der Waals surface area contributed by atoms with E-state index in [1.165, 1.54) is 22.4 Å². The third-order valence-electron chi connectivity index (χ3n) is 5.60. The molecule has 0 spiro atoms. The molecule has 22 heavy (non-hydrogen) atoms. The van der Waals surface area contributed by atoms with Gasteiger partial charge in [-0.1, -0.05) is 0 Å². The molecule has 0 N–H and O–H groups in total. The standard InChI is InChI=1S/C10H15.C8H12N.2ClH.Zr/c1-7-6-10(4,5)9(3)8(7)2;1-6-5-9(4)8(3)7(6)2;;;/h1-5H3;1-4H3;2*1H;/q;;;;+2/p-2. The van der Waals surface area contributed by atoms with Crippen molar-refractivity contribution in [3.63, 3.8) is 0 Å². The van der Waals surface area contributed by atoms with Crippen LogP contribution in [-0.2, 0) is 30.3 Å². The molecule has 0 saturated heterocycles. The number of allylic oxidation sites excluding steroid dienone is 4. The largest absolute Gasteiger partial charge is 1.00 e. The molecule has 1 aromatic heterocycles. The zero-order valence-electron chi connectivity index (χ0n) is 15.2. The van der Waals surface area contributed by atoms with Crippen molar-refractivity contribution in [2.75, 3.05) is 0 Å². The van der Waals surface area contributed by atoms with Gasteiger partial charge in [-0.15, -0.1) is 0 Å². The van der Waals surface area contributed by atoms with Crippen LogP contribution < -0.4 is 28.2 Å². The van der Waals surface area contributed by atoms with E-state index in [4.69, 9.17) is 0 Å². The van der Waals surface area contributed by atoms with Gasteiger partial charge in [0, 0.05) is 0 Å². The van der Waals surface area contributed by atoms with E-state index in [2.05, 4.69) is 67.0 Å². The van der Waals surface area contributed by atoms with Crippen LogP contribution in [0.4, 0.5) is 0 Å². The second-order valence-electron chi connectivity index (χ2n) is 6.74. The molecule has 0 amide bonds. The molecule has 1 aliphatic rings. The Morgan fingerprint density at radius 3 is 1.64 bits per heavy atom. The number of nitrogens with zero attached hydrogens (tertiary/aromatic N) is 1. The Labute approximate surface area is 160 Å². The van der Waals surface area contributed by atoms with E-state index in [-0.39, 0.29) is 30.2 Å². The van der Waals surface area contributed by atoms with E-state index in [1.54, 1.807) is 17.8 Å². The number of halogens is 2. The van der Waals surface area contributed by atoms with Gasteiger partial charge in [-0.05, 0) is 0 Å². The fraction of sp³-hybridized carbons (Fsp3) is 0.556. The summed E-state index contributed by atoms with van der Waals surface area (Å²) in [6.07, 6.45) is 0. The van der Waals surface area contributed by atoms with Gasteiger partial charge < -0.3 is 24.8 Å². The summed E-state index contributed by atoms with van der Waals surface area (Å²) < 4.78 is 5.87. The van der Waals surface area contributed by atoms with Crippen molar-refractivity contribution in [2.45, 2.75) is 55.4 Å². The van der Waals surface area contributed by atoms with Crippen LogP contribution in [0.5, 0.6) is 0 Å². The van der Waals surface area contributed by atoms with Gasteiger partial charge in [0.05, 0.1) is 0 Å². The molecule has 1 nitrogen and oxygen atoms in total. The van der Waals surface area contributed by atoms with E-state index in [1.807, 2.05) is 0 Å². The third-order valence-corrected chi connectivity index (χ3v) is 11.0. The Balaban J connectivity index is 0.00000220. The van der Waals surface area contributed by atoms with Gasteiger partial charge in [0.25, 0.3) is 0 Å². The van der Waals surface area contributed by atoms with Crippen LogP contribution in [0.1, 0.15) is 51.4 Å². The molecule has 1 aromatic rings. The summed E-state index contributed by atoms with van der Waals surface area (Å²) in [7, 11) is 2.25. The molecular formula is C18H27Cl2NZr. The summed E-state index contributed by atoms with van der Waals surface area (Å²) >= 11 is -0.740. The monoisotopic (exact) mass is 417 g/mol. The maximum Gasteiger partial charge on any atom is -1.00 e. The zero-order valence-corrected chi connectivity index (χ0v) is 19.2. The van der Waals surface area contributed by atoms with E-state index in [0.717, 1.165) is 0 Å². The quantitative estimate of drug-likeness (QED) is 0.540. The van der Waals surface area contributed by atoms with Crippen LogP contribution in [0, 0.1) is 26.2 Å². The van der Waals surface area contributed by atoms with Gasteiger partial charge in [0.15, 0.2) is 0 Å². The first-order valence-electron chi connectivity index (χ1n) is 7.39. The average Bonchev–Trinajstić information content (AvgIpc) is 2.66. The molecule has 0 bridgehead atoms. The minimum atomic E-state index is -0.740. The van der Waals surface area contributed by atoms with Crippen LogP contribution in [0.2, 0.25) is 0 Å². The van der Waals surface area contributed by atoms with Crippen LogP contribution in [-0.4, -0.2) is 4.57 Å². The van der Waals surface area contributed by atoms with Gasteiger partial charge in [-0.3, -0.25) is 0 Å². The van der Waals surface area contributed by atoms with Gasteiger partial charge in [-0.25, -0.2) is 0 Å². The Bertz CT molecular complexity index is 623. The molecule has 0 aromatic carbocycles. The van der Waals surface area contributed by atoms with Gasteiger partial charge in [0.2, 0.25) is 0 Å². The Morgan fingerprint density at radius 1 is 0.818 bits per heavy atom. The maximum atomic E-state index is 2.45. The van der Waals surface area contributed by atoms with Crippen molar-refractivity contribution < 1.29 is 48.0 Å². The first-order chi connectivity index (χ1) is 9.10. The molecule has 1 heterocycles. The normalized spacial score (nSPS) is 16.4. The van der Waals surface area contributed by atoms with Crippen molar-refractivity contribution in [3.8, 4) is 0 Å². The van der Waals surface area contributed by atoms with Crippen molar-refractivity contribution in [2.24, 2.45) is 12.5 Å². The molecule has 0 saturated carbocycles. The van der Waals surface area contributed by atoms with E-state index >= 15 is 0 Å². The van der Waals surface area contributed by atoms with Crippen molar-refractivity contribution in [1.82, 2.24) is 4.57 Å². The van der Waals surface area contributed by atoms with E-state index in [9.17, 15) is 0 Å². The summed E-state index contributed by atoms with van der Waals surface area (Å²) in [5.41, 5.74) is 9.42. The number of hydrogen-bond donors (Lipinski definition) is 0. The van der Waals surface area contributed by atoms with Crippen LogP contribution in [0.15, 0.2) is 20.0 Å². The first-order valence-corrected chi connectivity index (χ1v) is 9.85. The topological polar surface area (TPSA) is 4.93 Å². The zero-order chi connectivity index (χ0) is 15.4. The van der Waals surface area contributed by atoms with Gasteiger partial charge in [0.1, 0.15) is 0 Å². The number of rotatable bonds is 2. The molecule has 0 unspecified atom stereocenters. The summed E-state index contributed by atoms with van der Waals surface area (Å²) in [6, 6.07) is 0. The molecule has 122 valence electrons. The average molecular weight is 420 g/mol. The van der Waals surface area contributed by atoms with Crippen molar-refractivity contribution >= 4 is 3.40 Å². The molecule has 0 atom stereocenters. The Kier molecular flexibility index (Phi) is 7.49. The Morgan fingerprint density at radius 2 is 1.32 bits per heavy atom. The molecule has 0 aliphatic heterocycles. The van der Waals surface area contributed by atoms with Crippen LogP contribution in [0.3, 0.4) is 0 Å².